The van der Waals surface area contributed by atoms with Crippen molar-refractivity contribution in [2.45, 2.75) is 6.10 Å². The van der Waals surface area contributed by atoms with Gasteiger partial charge < -0.3 is 18.9 Å². The maximum Gasteiger partial charge on any atom is 0.119 e. The van der Waals surface area contributed by atoms with E-state index in [1.54, 1.807) is 13.2 Å². The fourth-order valence-corrected chi connectivity index (χ4v) is 1.43. The molecule has 0 fully saturated rings. The van der Waals surface area contributed by atoms with Crippen LogP contribution in [0.15, 0.2) is 43.0 Å². The third-order valence-corrected chi connectivity index (χ3v) is 2.36. The van der Waals surface area contributed by atoms with Gasteiger partial charge in [-0.2, -0.15) is 0 Å². The first-order chi connectivity index (χ1) is 9.36. The molecule has 0 radical (unpaired) electrons. The van der Waals surface area contributed by atoms with E-state index in [1.165, 1.54) is 0 Å². The fraction of sp³-hybridized carbons (Fsp3) is 0.467. The van der Waals surface area contributed by atoms with Crippen LogP contribution in [0.25, 0.3) is 0 Å². The number of hydrogen-bond acceptors (Lipinski definition) is 4. The predicted octanol–water partition coefficient (Wildman–Crippen LogP) is 2.30. The van der Waals surface area contributed by atoms with Crippen LogP contribution in [-0.4, -0.2) is 46.2 Å². The number of methoxy groups -OCH3 is 1. The highest BCUT2D eigenvalue weighted by Gasteiger charge is 2.10. The summed E-state index contributed by atoms with van der Waals surface area (Å²) in [7, 11) is 1.65. The van der Waals surface area contributed by atoms with Gasteiger partial charge in [0.05, 0.1) is 26.4 Å². The Hall–Kier alpha value is -1.36. The summed E-state index contributed by atoms with van der Waals surface area (Å²) in [6.45, 7) is 6.13. The quantitative estimate of drug-likeness (QED) is 0.455. The summed E-state index contributed by atoms with van der Waals surface area (Å²) >= 11 is 0. The van der Waals surface area contributed by atoms with Crippen molar-refractivity contribution in [3.05, 3.63) is 43.0 Å². The predicted molar refractivity (Wildman–Crippen MR) is 74.6 cm³/mol. The van der Waals surface area contributed by atoms with Gasteiger partial charge >= 0.3 is 0 Å². The minimum atomic E-state index is -0.115. The zero-order valence-corrected chi connectivity index (χ0v) is 11.4. The van der Waals surface area contributed by atoms with Gasteiger partial charge in [-0.3, -0.25) is 0 Å². The molecule has 1 aromatic carbocycles. The van der Waals surface area contributed by atoms with Crippen molar-refractivity contribution in [3.8, 4) is 5.75 Å². The topological polar surface area (TPSA) is 36.9 Å². The average Bonchev–Trinajstić information content (AvgIpc) is 2.45. The molecule has 4 heteroatoms. The van der Waals surface area contributed by atoms with Crippen LogP contribution < -0.4 is 4.74 Å². The average molecular weight is 266 g/mol. The molecule has 0 aliphatic rings. The molecule has 0 aromatic heterocycles. The van der Waals surface area contributed by atoms with E-state index in [9.17, 15) is 0 Å². The Morgan fingerprint density at radius 3 is 2.63 bits per heavy atom. The molecule has 1 unspecified atom stereocenters. The van der Waals surface area contributed by atoms with E-state index in [0.29, 0.717) is 33.0 Å². The number of benzene rings is 1. The van der Waals surface area contributed by atoms with E-state index < -0.39 is 0 Å². The van der Waals surface area contributed by atoms with Crippen LogP contribution in [0.3, 0.4) is 0 Å². The molecule has 0 heterocycles. The van der Waals surface area contributed by atoms with Crippen molar-refractivity contribution in [2.75, 3.05) is 40.1 Å². The first kappa shape index (κ1) is 15.7. The van der Waals surface area contributed by atoms with E-state index in [0.717, 1.165) is 5.75 Å². The molecular weight excluding hydrogens is 244 g/mol. The largest absolute Gasteiger partial charge is 0.491 e. The summed E-state index contributed by atoms with van der Waals surface area (Å²) in [4.78, 5) is 0. The van der Waals surface area contributed by atoms with Gasteiger partial charge in [0.1, 0.15) is 18.5 Å². The Kier molecular flexibility index (Phi) is 8.72. The van der Waals surface area contributed by atoms with Crippen molar-refractivity contribution in [3.63, 3.8) is 0 Å². The van der Waals surface area contributed by atoms with E-state index in [2.05, 4.69) is 6.58 Å². The summed E-state index contributed by atoms with van der Waals surface area (Å²) in [6, 6.07) is 9.65. The van der Waals surface area contributed by atoms with Crippen LogP contribution in [0.5, 0.6) is 5.75 Å². The second kappa shape index (κ2) is 10.6. The zero-order chi connectivity index (χ0) is 13.8. The molecule has 1 aromatic rings. The molecule has 19 heavy (non-hydrogen) atoms. The van der Waals surface area contributed by atoms with Gasteiger partial charge in [-0.25, -0.2) is 0 Å². The first-order valence-electron chi connectivity index (χ1n) is 6.34. The maximum atomic E-state index is 5.66. The van der Waals surface area contributed by atoms with Gasteiger partial charge in [0.25, 0.3) is 0 Å². The summed E-state index contributed by atoms with van der Waals surface area (Å²) in [5.74, 6) is 0.826. The minimum Gasteiger partial charge on any atom is -0.491 e. The van der Waals surface area contributed by atoms with Crippen molar-refractivity contribution in [1.82, 2.24) is 0 Å². The highest BCUT2D eigenvalue weighted by molar-refractivity contribution is 5.20. The van der Waals surface area contributed by atoms with Gasteiger partial charge in [0.2, 0.25) is 0 Å². The Balaban J connectivity index is 2.32. The maximum absolute atomic E-state index is 5.66. The lowest BCUT2D eigenvalue weighted by Crippen LogP contribution is -2.28. The van der Waals surface area contributed by atoms with Gasteiger partial charge in [-0.05, 0) is 12.1 Å². The Morgan fingerprint density at radius 1 is 1.16 bits per heavy atom. The van der Waals surface area contributed by atoms with Gasteiger partial charge in [-0.1, -0.05) is 24.3 Å². The molecule has 0 saturated carbocycles. The van der Waals surface area contributed by atoms with E-state index in [-0.39, 0.29) is 6.10 Å². The molecule has 1 atom stereocenters. The van der Waals surface area contributed by atoms with Gasteiger partial charge in [0, 0.05) is 7.11 Å². The van der Waals surface area contributed by atoms with Crippen molar-refractivity contribution < 1.29 is 18.9 Å². The SMILES string of the molecule is C=CCOCC(COc1ccccc1)OCCOC. The Labute approximate surface area is 114 Å². The summed E-state index contributed by atoms with van der Waals surface area (Å²) in [6.07, 6.45) is 1.60. The lowest BCUT2D eigenvalue weighted by atomic mass is 10.3. The molecule has 4 nitrogen and oxygen atoms in total. The minimum absolute atomic E-state index is 0.115. The van der Waals surface area contributed by atoms with Crippen LogP contribution in [0, 0.1) is 0 Å². The molecule has 106 valence electrons. The van der Waals surface area contributed by atoms with Crippen LogP contribution in [-0.2, 0) is 14.2 Å². The van der Waals surface area contributed by atoms with Crippen molar-refractivity contribution in [2.24, 2.45) is 0 Å². The molecule has 0 N–H and O–H groups in total. The zero-order valence-electron chi connectivity index (χ0n) is 11.4. The molecule has 1 rings (SSSR count). The second-order valence-corrected chi connectivity index (χ2v) is 3.94. The normalized spacial score (nSPS) is 12.1. The van der Waals surface area contributed by atoms with Crippen molar-refractivity contribution in [1.29, 1.82) is 0 Å². The highest BCUT2D eigenvalue weighted by atomic mass is 16.6. The van der Waals surface area contributed by atoms with E-state index >= 15 is 0 Å². The summed E-state index contributed by atoms with van der Waals surface area (Å²) in [5.41, 5.74) is 0. The molecule has 0 spiro atoms. The van der Waals surface area contributed by atoms with E-state index in [4.69, 9.17) is 18.9 Å². The van der Waals surface area contributed by atoms with Crippen molar-refractivity contribution >= 4 is 0 Å². The van der Waals surface area contributed by atoms with Gasteiger partial charge in [0.15, 0.2) is 0 Å². The van der Waals surface area contributed by atoms with E-state index in [1.807, 2.05) is 30.3 Å². The highest BCUT2D eigenvalue weighted by Crippen LogP contribution is 2.09. The smallest absolute Gasteiger partial charge is 0.119 e. The van der Waals surface area contributed by atoms with Crippen LogP contribution in [0.2, 0.25) is 0 Å². The first-order valence-corrected chi connectivity index (χ1v) is 6.34. The third-order valence-electron chi connectivity index (χ3n) is 2.36. The Bertz CT molecular complexity index is 326. The number of ether oxygens (including phenoxy) is 4. The lowest BCUT2D eigenvalue weighted by Gasteiger charge is -2.18. The standard InChI is InChI=1S/C15H22O4/c1-3-9-17-12-15(18-11-10-16-2)13-19-14-7-5-4-6-8-14/h3-8,15H,1,9-13H2,2H3. The molecular formula is C15H22O4. The van der Waals surface area contributed by atoms with Crippen LogP contribution in [0.4, 0.5) is 0 Å². The molecule has 0 amide bonds. The summed E-state index contributed by atoms with van der Waals surface area (Å²) < 4.78 is 21.7. The van der Waals surface area contributed by atoms with Crippen LogP contribution in [0.1, 0.15) is 0 Å². The monoisotopic (exact) mass is 266 g/mol. The van der Waals surface area contributed by atoms with Gasteiger partial charge in [-0.15, -0.1) is 6.58 Å². The molecule has 0 saturated heterocycles. The molecule has 0 aliphatic carbocycles. The number of hydrogen-bond donors (Lipinski definition) is 0. The van der Waals surface area contributed by atoms with Crippen LogP contribution >= 0.6 is 0 Å². The lowest BCUT2D eigenvalue weighted by molar-refractivity contribution is -0.0461. The number of rotatable bonds is 11. The Morgan fingerprint density at radius 2 is 1.95 bits per heavy atom. The third kappa shape index (κ3) is 7.62. The summed E-state index contributed by atoms with van der Waals surface area (Å²) in [5, 5.41) is 0. The molecule has 0 aliphatic heterocycles. The molecule has 0 bridgehead atoms. The second-order valence-electron chi connectivity index (χ2n) is 3.94. The fourth-order valence-electron chi connectivity index (χ4n) is 1.43. The number of para-hydroxylation sites is 1.